The van der Waals surface area contributed by atoms with Crippen LogP contribution in [0.25, 0.3) is 0 Å². The number of halogens is 1. The second-order valence-corrected chi connectivity index (χ2v) is 5.77. The Balaban J connectivity index is 1.74. The van der Waals surface area contributed by atoms with Gasteiger partial charge in [-0.25, -0.2) is 0 Å². The molecule has 12 heavy (non-hydrogen) atoms. The Kier molecular flexibility index (Phi) is 1.41. The van der Waals surface area contributed by atoms with Crippen LogP contribution >= 0.6 is 11.6 Å². The van der Waals surface area contributed by atoms with Crippen molar-refractivity contribution in [3.05, 3.63) is 0 Å². The monoisotopic (exact) mass is 184 g/mol. The number of hydrogen-bond acceptors (Lipinski definition) is 0. The number of hydrogen-bond donors (Lipinski definition) is 0. The van der Waals surface area contributed by atoms with Gasteiger partial charge in [-0.05, 0) is 55.3 Å². The molecule has 3 rings (SSSR count). The Bertz CT molecular complexity index is 197. The van der Waals surface area contributed by atoms with Gasteiger partial charge in [-0.3, -0.25) is 0 Å². The van der Waals surface area contributed by atoms with E-state index in [-0.39, 0.29) is 0 Å². The maximum atomic E-state index is 6.02. The van der Waals surface area contributed by atoms with Gasteiger partial charge in [0.2, 0.25) is 0 Å². The van der Waals surface area contributed by atoms with Crippen molar-refractivity contribution in [2.24, 2.45) is 16.7 Å². The summed E-state index contributed by atoms with van der Waals surface area (Å²) in [7, 11) is 0. The van der Waals surface area contributed by atoms with Crippen LogP contribution in [0, 0.1) is 16.7 Å². The summed E-state index contributed by atoms with van der Waals surface area (Å²) in [5.41, 5.74) is 1.62. The molecule has 0 aromatic heterocycles. The van der Waals surface area contributed by atoms with Gasteiger partial charge in [0.05, 0.1) is 0 Å². The van der Waals surface area contributed by atoms with Crippen LogP contribution in [0.5, 0.6) is 0 Å². The Labute approximate surface area is 79.7 Å². The quantitative estimate of drug-likeness (QED) is 0.547. The van der Waals surface area contributed by atoms with Crippen LogP contribution in [-0.2, 0) is 0 Å². The predicted octanol–water partition coefficient (Wildman–Crippen LogP) is 3.59. The van der Waals surface area contributed by atoms with Crippen molar-refractivity contribution in [2.75, 3.05) is 5.88 Å². The highest BCUT2D eigenvalue weighted by Gasteiger charge is 2.63. The van der Waals surface area contributed by atoms with E-state index in [9.17, 15) is 0 Å². The molecule has 2 spiro atoms. The Morgan fingerprint density at radius 1 is 1.17 bits per heavy atom. The molecule has 1 atom stereocenters. The molecule has 3 saturated carbocycles. The molecule has 0 nitrogen and oxygen atoms in total. The highest BCUT2D eigenvalue weighted by Crippen LogP contribution is 2.74. The summed E-state index contributed by atoms with van der Waals surface area (Å²) in [6.45, 7) is 0. The van der Waals surface area contributed by atoms with Crippen LogP contribution in [0.4, 0.5) is 0 Å². The first-order chi connectivity index (χ1) is 5.79. The first-order valence-corrected chi connectivity index (χ1v) is 5.88. The molecule has 3 aliphatic rings. The molecule has 68 valence electrons. The minimum Gasteiger partial charge on any atom is -0.126 e. The van der Waals surface area contributed by atoms with E-state index in [2.05, 4.69) is 0 Å². The molecule has 1 unspecified atom stereocenters. The summed E-state index contributed by atoms with van der Waals surface area (Å²) in [6, 6.07) is 0. The summed E-state index contributed by atoms with van der Waals surface area (Å²) in [5, 5.41) is 0. The van der Waals surface area contributed by atoms with E-state index in [0.29, 0.717) is 0 Å². The largest absolute Gasteiger partial charge is 0.126 e. The topological polar surface area (TPSA) is 0 Å². The van der Waals surface area contributed by atoms with Gasteiger partial charge in [0.1, 0.15) is 0 Å². The molecule has 3 aliphatic carbocycles. The zero-order valence-electron chi connectivity index (χ0n) is 7.61. The molecule has 0 aliphatic heterocycles. The fraction of sp³-hybridized carbons (Fsp3) is 1.00. The van der Waals surface area contributed by atoms with Crippen molar-refractivity contribution in [3.63, 3.8) is 0 Å². The van der Waals surface area contributed by atoms with Crippen molar-refractivity contribution in [1.29, 1.82) is 0 Å². The van der Waals surface area contributed by atoms with Crippen molar-refractivity contribution in [2.45, 2.75) is 44.9 Å². The molecule has 0 aromatic rings. The lowest BCUT2D eigenvalue weighted by molar-refractivity contribution is 0.00496. The van der Waals surface area contributed by atoms with Crippen molar-refractivity contribution >= 4 is 11.6 Å². The van der Waals surface area contributed by atoms with Crippen LogP contribution in [-0.4, -0.2) is 5.88 Å². The maximum absolute atomic E-state index is 6.02. The van der Waals surface area contributed by atoms with E-state index in [1.54, 1.807) is 0 Å². The zero-order valence-corrected chi connectivity index (χ0v) is 8.37. The van der Waals surface area contributed by atoms with Gasteiger partial charge in [-0.1, -0.05) is 6.42 Å². The van der Waals surface area contributed by atoms with Crippen molar-refractivity contribution in [3.8, 4) is 0 Å². The third-order valence-corrected chi connectivity index (χ3v) is 5.06. The second-order valence-electron chi connectivity index (χ2n) is 5.46. The second kappa shape index (κ2) is 2.20. The van der Waals surface area contributed by atoms with Gasteiger partial charge in [0, 0.05) is 5.88 Å². The summed E-state index contributed by atoms with van der Waals surface area (Å²) >= 11 is 6.02. The summed E-state index contributed by atoms with van der Waals surface area (Å²) in [6.07, 6.45) is 10.5. The fourth-order valence-electron chi connectivity index (χ4n) is 3.89. The van der Waals surface area contributed by atoms with Crippen molar-refractivity contribution < 1.29 is 0 Å². The first kappa shape index (κ1) is 7.67. The van der Waals surface area contributed by atoms with Crippen LogP contribution in [0.1, 0.15) is 44.9 Å². The van der Waals surface area contributed by atoms with Gasteiger partial charge >= 0.3 is 0 Å². The molecule has 1 heteroatoms. The summed E-state index contributed by atoms with van der Waals surface area (Å²) in [5.74, 6) is 1.81. The fourth-order valence-corrected chi connectivity index (χ4v) is 4.37. The van der Waals surface area contributed by atoms with E-state index in [4.69, 9.17) is 11.6 Å². The Hall–Kier alpha value is 0.290. The van der Waals surface area contributed by atoms with E-state index in [1.807, 2.05) is 0 Å². The maximum Gasteiger partial charge on any atom is 0.0257 e. The smallest absolute Gasteiger partial charge is 0.0257 e. The molecule has 0 saturated heterocycles. The Morgan fingerprint density at radius 3 is 2.50 bits per heavy atom. The highest BCUT2D eigenvalue weighted by atomic mass is 35.5. The molecule has 0 amide bonds. The first-order valence-electron chi connectivity index (χ1n) is 5.35. The van der Waals surface area contributed by atoms with E-state index >= 15 is 0 Å². The minimum atomic E-state index is 0.748. The molecule has 0 radical (unpaired) electrons. The number of alkyl halides is 1. The third-order valence-electron chi connectivity index (χ3n) is 4.69. The zero-order chi connectivity index (χ0) is 8.23. The molecule has 0 N–H and O–H groups in total. The van der Waals surface area contributed by atoms with Crippen LogP contribution < -0.4 is 0 Å². The number of rotatable bonds is 1. The lowest BCUT2D eigenvalue weighted by Crippen LogP contribution is -2.42. The van der Waals surface area contributed by atoms with Gasteiger partial charge < -0.3 is 0 Å². The Morgan fingerprint density at radius 2 is 1.92 bits per heavy atom. The summed E-state index contributed by atoms with van der Waals surface area (Å²) in [4.78, 5) is 0. The average Bonchev–Trinajstić information content (AvgIpc) is 2.62. The lowest BCUT2D eigenvalue weighted by atomic mass is 9.55. The highest BCUT2D eigenvalue weighted by molar-refractivity contribution is 6.18. The normalized spacial score (nSPS) is 40.2. The van der Waals surface area contributed by atoms with Gasteiger partial charge in [0.15, 0.2) is 0 Å². The molecule has 0 bridgehead atoms. The lowest BCUT2D eigenvalue weighted by Gasteiger charge is -2.50. The molecule has 0 aromatic carbocycles. The SMILES string of the molecule is ClCC1CCCC12CC1(CC1)C2. The van der Waals surface area contributed by atoms with Gasteiger partial charge in [-0.2, -0.15) is 0 Å². The molecule has 3 fully saturated rings. The van der Waals surface area contributed by atoms with Gasteiger partial charge in [0.25, 0.3) is 0 Å². The van der Waals surface area contributed by atoms with Crippen LogP contribution in [0.2, 0.25) is 0 Å². The molecular formula is C11H17Cl. The third kappa shape index (κ3) is 0.852. The predicted molar refractivity (Wildman–Crippen MR) is 51.4 cm³/mol. The molecule has 0 heterocycles. The standard InChI is InChI=1S/C11H17Cl/c12-6-9-2-1-3-11(9)7-10(8-11)4-5-10/h9H,1-8H2. The average molecular weight is 185 g/mol. The van der Waals surface area contributed by atoms with Crippen LogP contribution in [0.3, 0.4) is 0 Å². The van der Waals surface area contributed by atoms with E-state index in [1.165, 1.54) is 44.9 Å². The summed E-state index contributed by atoms with van der Waals surface area (Å²) < 4.78 is 0. The molecular weight excluding hydrogens is 168 g/mol. The minimum absolute atomic E-state index is 0.748. The van der Waals surface area contributed by atoms with Crippen molar-refractivity contribution in [1.82, 2.24) is 0 Å². The van der Waals surface area contributed by atoms with Gasteiger partial charge in [-0.15, -0.1) is 11.6 Å². The van der Waals surface area contributed by atoms with Crippen LogP contribution in [0.15, 0.2) is 0 Å². The van der Waals surface area contributed by atoms with E-state index in [0.717, 1.165) is 22.6 Å². The van der Waals surface area contributed by atoms with E-state index < -0.39 is 0 Å².